The van der Waals surface area contributed by atoms with Crippen LogP contribution in [0.1, 0.15) is 0 Å². The zero-order valence-electron chi connectivity index (χ0n) is 7.68. The Morgan fingerprint density at radius 1 is 0.933 bits per heavy atom. The van der Waals surface area contributed by atoms with E-state index in [4.69, 9.17) is 11.6 Å². The van der Waals surface area contributed by atoms with E-state index >= 15 is 0 Å². The van der Waals surface area contributed by atoms with E-state index in [2.05, 4.69) is 15.9 Å². The molecule has 0 saturated carbocycles. The maximum Gasteiger partial charge on any atom is 0.123 e. The summed E-state index contributed by atoms with van der Waals surface area (Å²) < 4.78 is 13.6. The summed E-state index contributed by atoms with van der Waals surface area (Å²) in [4.78, 5) is 0. The number of hydrogen-bond acceptors (Lipinski definition) is 0. The topological polar surface area (TPSA) is 0 Å². The molecule has 3 heteroatoms. The van der Waals surface area contributed by atoms with Crippen LogP contribution in [-0.2, 0) is 0 Å². The number of halogens is 3. The van der Waals surface area contributed by atoms with Crippen LogP contribution in [0.25, 0.3) is 11.1 Å². The van der Waals surface area contributed by atoms with Gasteiger partial charge < -0.3 is 0 Å². The Labute approximate surface area is 101 Å². The zero-order chi connectivity index (χ0) is 10.8. The minimum atomic E-state index is -0.230. The Bertz CT molecular complexity index is 479. The highest BCUT2D eigenvalue weighted by molar-refractivity contribution is 9.10. The summed E-state index contributed by atoms with van der Waals surface area (Å²) in [6.07, 6.45) is 0. The molecule has 15 heavy (non-hydrogen) atoms. The predicted molar refractivity (Wildman–Crippen MR) is 64.5 cm³/mol. The van der Waals surface area contributed by atoms with Gasteiger partial charge in [0, 0.05) is 4.47 Å². The van der Waals surface area contributed by atoms with Gasteiger partial charge in [0.05, 0.1) is 5.02 Å². The molecule has 0 aliphatic carbocycles. The zero-order valence-corrected chi connectivity index (χ0v) is 10.0. The van der Waals surface area contributed by atoms with Crippen LogP contribution in [0.2, 0.25) is 5.02 Å². The fourth-order valence-corrected chi connectivity index (χ4v) is 1.81. The van der Waals surface area contributed by atoms with Gasteiger partial charge in [0.2, 0.25) is 0 Å². The molecule has 0 aromatic heterocycles. The summed E-state index contributed by atoms with van der Waals surface area (Å²) in [6.45, 7) is 0. The summed E-state index contributed by atoms with van der Waals surface area (Å²) in [6, 6.07) is 12.0. The van der Waals surface area contributed by atoms with Gasteiger partial charge in [-0.25, -0.2) is 4.39 Å². The highest BCUT2D eigenvalue weighted by atomic mass is 79.9. The molecule has 76 valence electrons. The highest BCUT2D eigenvalue weighted by Gasteiger charge is 2.01. The third-order valence-corrected chi connectivity index (χ3v) is 3.31. The monoisotopic (exact) mass is 284 g/mol. The largest absolute Gasteiger partial charge is 0.207 e. The lowest BCUT2D eigenvalue weighted by Gasteiger charge is -2.03. The lowest BCUT2D eigenvalue weighted by molar-refractivity contribution is 0.628. The third-order valence-electron chi connectivity index (χ3n) is 2.10. The SMILES string of the molecule is Fc1ccc(-c2ccc(Cl)c(Br)c2)cc1. The molecule has 0 nitrogen and oxygen atoms in total. The molecule has 0 spiro atoms. The Kier molecular flexibility index (Phi) is 3.08. The van der Waals surface area contributed by atoms with Crippen molar-refractivity contribution in [2.24, 2.45) is 0 Å². The smallest absolute Gasteiger partial charge is 0.123 e. The van der Waals surface area contributed by atoms with Crippen LogP contribution in [0.3, 0.4) is 0 Å². The Balaban J connectivity index is 2.45. The molecule has 0 unspecified atom stereocenters. The molecule has 0 heterocycles. The molecule has 2 aromatic carbocycles. The molecule has 0 amide bonds. The van der Waals surface area contributed by atoms with Crippen molar-refractivity contribution in [1.82, 2.24) is 0 Å². The molecule has 2 rings (SSSR count). The standard InChI is InChI=1S/C12H7BrClF/c13-11-7-9(3-6-12(11)14)8-1-4-10(15)5-2-8/h1-7H. The summed E-state index contributed by atoms with van der Waals surface area (Å²) in [5.41, 5.74) is 1.97. The molecule has 0 aliphatic heterocycles. The van der Waals surface area contributed by atoms with Crippen molar-refractivity contribution in [3.05, 3.63) is 57.8 Å². The summed E-state index contributed by atoms with van der Waals surface area (Å²) in [7, 11) is 0. The van der Waals surface area contributed by atoms with Gasteiger partial charge in [-0.05, 0) is 51.3 Å². The lowest BCUT2D eigenvalue weighted by atomic mass is 10.1. The first-order valence-electron chi connectivity index (χ1n) is 4.38. The van der Waals surface area contributed by atoms with E-state index in [1.165, 1.54) is 12.1 Å². The van der Waals surface area contributed by atoms with Crippen molar-refractivity contribution in [1.29, 1.82) is 0 Å². The molecule has 0 N–H and O–H groups in total. The van der Waals surface area contributed by atoms with Crippen LogP contribution < -0.4 is 0 Å². The minimum Gasteiger partial charge on any atom is -0.207 e. The quantitative estimate of drug-likeness (QED) is 0.698. The number of rotatable bonds is 1. The van der Waals surface area contributed by atoms with Crippen LogP contribution in [0.15, 0.2) is 46.9 Å². The van der Waals surface area contributed by atoms with E-state index in [1.807, 2.05) is 18.2 Å². The van der Waals surface area contributed by atoms with Crippen LogP contribution >= 0.6 is 27.5 Å². The van der Waals surface area contributed by atoms with E-state index in [0.29, 0.717) is 5.02 Å². The molecular formula is C12H7BrClF. The highest BCUT2D eigenvalue weighted by Crippen LogP contribution is 2.28. The molecule has 0 fully saturated rings. The Morgan fingerprint density at radius 3 is 2.13 bits per heavy atom. The normalized spacial score (nSPS) is 10.3. The molecule has 0 radical (unpaired) electrons. The second-order valence-corrected chi connectivity index (χ2v) is 4.40. The van der Waals surface area contributed by atoms with E-state index in [0.717, 1.165) is 15.6 Å². The van der Waals surface area contributed by atoms with E-state index in [-0.39, 0.29) is 5.82 Å². The second-order valence-electron chi connectivity index (χ2n) is 3.14. The molecular weight excluding hydrogens is 278 g/mol. The first-order chi connectivity index (χ1) is 7.16. The Morgan fingerprint density at radius 2 is 1.53 bits per heavy atom. The third kappa shape index (κ3) is 2.39. The van der Waals surface area contributed by atoms with Gasteiger partial charge in [-0.3, -0.25) is 0 Å². The molecule has 0 aliphatic rings. The van der Waals surface area contributed by atoms with Crippen LogP contribution in [0.4, 0.5) is 4.39 Å². The average Bonchev–Trinajstić information content (AvgIpc) is 2.23. The van der Waals surface area contributed by atoms with Gasteiger partial charge in [0.15, 0.2) is 0 Å². The van der Waals surface area contributed by atoms with Gasteiger partial charge in [-0.1, -0.05) is 29.8 Å². The van der Waals surface area contributed by atoms with Gasteiger partial charge in [0.1, 0.15) is 5.82 Å². The first-order valence-corrected chi connectivity index (χ1v) is 5.55. The van der Waals surface area contributed by atoms with Crippen molar-refractivity contribution in [3.63, 3.8) is 0 Å². The van der Waals surface area contributed by atoms with Gasteiger partial charge in [-0.15, -0.1) is 0 Å². The van der Waals surface area contributed by atoms with Crippen LogP contribution in [0, 0.1) is 5.82 Å². The molecule has 2 aromatic rings. The summed E-state index contributed by atoms with van der Waals surface area (Å²) >= 11 is 9.24. The fourth-order valence-electron chi connectivity index (χ4n) is 1.32. The molecule has 0 bridgehead atoms. The van der Waals surface area contributed by atoms with Crippen LogP contribution in [0.5, 0.6) is 0 Å². The average molecular weight is 286 g/mol. The van der Waals surface area contributed by atoms with Gasteiger partial charge in [-0.2, -0.15) is 0 Å². The fraction of sp³-hybridized carbons (Fsp3) is 0. The van der Waals surface area contributed by atoms with E-state index < -0.39 is 0 Å². The maximum absolute atomic E-state index is 12.7. The van der Waals surface area contributed by atoms with Gasteiger partial charge >= 0.3 is 0 Å². The summed E-state index contributed by atoms with van der Waals surface area (Å²) in [5, 5.41) is 0.667. The first kappa shape index (κ1) is 10.7. The van der Waals surface area contributed by atoms with E-state index in [1.54, 1.807) is 12.1 Å². The maximum atomic E-state index is 12.7. The van der Waals surface area contributed by atoms with Gasteiger partial charge in [0.25, 0.3) is 0 Å². The van der Waals surface area contributed by atoms with Crippen molar-refractivity contribution in [3.8, 4) is 11.1 Å². The van der Waals surface area contributed by atoms with Crippen molar-refractivity contribution >= 4 is 27.5 Å². The molecule has 0 saturated heterocycles. The van der Waals surface area contributed by atoms with Crippen LogP contribution in [-0.4, -0.2) is 0 Å². The second kappa shape index (κ2) is 4.33. The van der Waals surface area contributed by atoms with Crippen molar-refractivity contribution in [2.45, 2.75) is 0 Å². The van der Waals surface area contributed by atoms with Crippen molar-refractivity contribution < 1.29 is 4.39 Å². The predicted octanol–water partition coefficient (Wildman–Crippen LogP) is 4.91. The molecule has 0 atom stereocenters. The van der Waals surface area contributed by atoms with Crippen molar-refractivity contribution in [2.75, 3.05) is 0 Å². The van der Waals surface area contributed by atoms with E-state index in [9.17, 15) is 4.39 Å². The number of hydrogen-bond donors (Lipinski definition) is 0. The lowest BCUT2D eigenvalue weighted by Crippen LogP contribution is -1.79. The summed E-state index contributed by atoms with van der Waals surface area (Å²) in [5.74, 6) is -0.230. The minimum absolute atomic E-state index is 0.230. The number of benzene rings is 2. The Hall–Kier alpha value is -0.860.